The minimum Gasteiger partial charge on any atom is -0.497 e. The van der Waals surface area contributed by atoms with E-state index in [4.69, 9.17) is 15.5 Å². The van der Waals surface area contributed by atoms with Crippen molar-refractivity contribution in [1.82, 2.24) is 19.9 Å². The Morgan fingerprint density at radius 2 is 2.12 bits per heavy atom. The van der Waals surface area contributed by atoms with Crippen LogP contribution in [-0.2, 0) is 19.5 Å². The molecular formula is C18H19N5O2S. The summed E-state index contributed by atoms with van der Waals surface area (Å²) in [4.78, 5) is 25.9. The molecule has 134 valence electrons. The van der Waals surface area contributed by atoms with E-state index in [9.17, 15) is 4.79 Å². The van der Waals surface area contributed by atoms with Gasteiger partial charge in [-0.15, -0.1) is 11.3 Å². The number of rotatable bonds is 4. The Morgan fingerprint density at radius 3 is 2.88 bits per heavy atom. The topological polar surface area (TPSA) is 97.1 Å². The maximum absolute atomic E-state index is 12.1. The zero-order valence-electron chi connectivity index (χ0n) is 14.4. The van der Waals surface area contributed by atoms with Crippen LogP contribution in [0, 0.1) is 0 Å². The predicted molar refractivity (Wildman–Crippen MR) is 101 cm³/mol. The van der Waals surface area contributed by atoms with Crippen LogP contribution in [0.5, 0.6) is 5.75 Å². The Kier molecular flexibility index (Phi) is 4.44. The Morgan fingerprint density at radius 1 is 1.31 bits per heavy atom. The van der Waals surface area contributed by atoms with Crippen LogP contribution in [0.15, 0.2) is 34.4 Å². The number of thiazole rings is 1. The lowest BCUT2D eigenvalue weighted by Crippen LogP contribution is -2.35. The number of nitrogens with two attached hydrogens (primary N) is 1. The third-order valence-corrected chi connectivity index (χ3v) is 5.30. The zero-order valence-corrected chi connectivity index (χ0v) is 15.2. The van der Waals surface area contributed by atoms with Gasteiger partial charge in [0.25, 0.3) is 5.56 Å². The first kappa shape index (κ1) is 16.7. The van der Waals surface area contributed by atoms with Crippen molar-refractivity contribution in [3.05, 3.63) is 56.3 Å². The minimum atomic E-state index is -0.143. The molecule has 26 heavy (non-hydrogen) atoms. The van der Waals surface area contributed by atoms with Gasteiger partial charge in [-0.2, -0.15) is 0 Å². The normalized spacial score (nSPS) is 14.2. The molecule has 8 heteroatoms. The number of nitrogens with zero attached hydrogens (tertiary/aromatic N) is 3. The fourth-order valence-electron chi connectivity index (χ4n) is 3.10. The number of aromatic amines is 1. The van der Waals surface area contributed by atoms with Crippen LogP contribution >= 0.6 is 11.3 Å². The summed E-state index contributed by atoms with van der Waals surface area (Å²) in [6.45, 7) is 2.11. The molecule has 3 N–H and O–H groups in total. The van der Waals surface area contributed by atoms with Crippen molar-refractivity contribution in [3.8, 4) is 17.0 Å². The molecule has 1 aromatic carbocycles. The first-order valence-corrected chi connectivity index (χ1v) is 9.19. The van der Waals surface area contributed by atoms with E-state index < -0.39 is 0 Å². The number of nitrogens with one attached hydrogen (secondary N) is 1. The number of benzene rings is 1. The molecule has 0 fully saturated rings. The molecule has 0 aliphatic carbocycles. The third kappa shape index (κ3) is 3.33. The molecule has 0 bridgehead atoms. The molecule has 0 atom stereocenters. The van der Waals surface area contributed by atoms with Gasteiger partial charge >= 0.3 is 0 Å². The van der Waals surface area contributed by atoms with E-state index in [2.05, 4.69) is 20.2 Å². The smallest absolute Gasteiger partial charge is 0.257 e. The highest BCUT2D eigenvalue weighted by Crippen LogP contribution is 2.25. The molecule has 2 aromatic heterocycles. The summed E-state index contributed by atoms with van der Waals surface area (Å²) >= 11 is 1.63. The molecule has 0 radical (unpaired) electrons. The van der Waals surface area contributed by atoms with E-state index in [1.165, 1.54) is 0 Å². The van der Waals surface area contributed by atoms with Crippen LogP contribution in [-0.4, -0.2) is 33.5 Å². The van der Waals surface area contributed by atoms with Crippen molar-refractivity contribution in [3.63, 3.8) is 0 Å². The van der Waals surface area contributed by atoms with Crippen molar-refractivity contribution in [2.45, 2.75) is 19.5 Å². The van der Waals surface area contributed by atoms with E-state index >= 15 is 0 Å². The second-order valence-electron chi connectivity index (χ2n) is 6.19. The lowest BCUT2D eigenvalue weighted by atomic mass is 10.1. The first-order chi connectivity index (χ1) is 12.6. The van der Waals surface area contributed by atoms with Gasteiger partial charge in [0.15, 0.2) is 0 Å². The van der Waals surface area contributed by atoms with Gasteiger partial charge in [0.1, 0.15) is 10.8 Å². The molecular weight excluding hydrogens is 350 g/mol. The Labute approximate surface area is 154 Å². The van der Waals surface area contributed by atoms with Crippen molar-refractivity contribution in [2.75, 3.05) is 19.4 Å². The summed E-state index contributed by atoms with van der Waals surface area (Å²) in [5, 5.41) is 3.09. The molecule has 3 aromatic rings. The second kappa shape index (κ2) is 6.89. The molecule has 1 aliphatic rings. The van der Waals surface area contributed by atoms with E-state index in [1.54, 1.807) is 18.4 Å². The molecule has 0 amide bonds. The largest absolute Gasteiger partial charge is 0.497 e. The molecule has 0 saturated carbocycles. The molecule has 0 spiro atoms. The average molecular weight is 369 g/mol. The number of hydrogen-bond acceptors (Lipinski definition) is 7. The fraction of sp³-hybridized carbons (Fsp3) is 0.278. The summed E-state index contributed by atoms with van der Waals surface area (Å²) in [5.74, 6) is 1.02. The van der Waals surface area contributed by atoms with Crippen LogP contribution in [0.1, 0.15) is 16.3 Å². The lowest BCUT2D eigenvalue weighted by Gasteiger charge is -2.26. The Balaban J connectivity index is 1.48. The lowest BCUT2D eigenvalue weighted by molar-refractivity contribution is 0.241. The van der Waals surface area contributed by atoms with Crippen LogP contribution in [0.2, 0.25) is 0 Å². The fourth-order valence-corrected chi connectivity index (χ4v) is 3.95. The molecule has 3 heterocycles. The monoisotopic (exact) mass is 369 g/mol. The summed E-state index contributed by atoms with van der Waals surface area (Å²) in [6, 6.07) is 7.87. The Bertz CT molecular complexity index is 980. The van der Waals surface area contributed by atoms with Crippen molar-refractivity contribution >= 4 is 17.3 Å². The quantitative estimate of drug-likeness (QED) is 0.730. The van der Waals surface area contributed by atoms with Gasteiger partial charge in [-0.1, -0.05) is 0 Å². The number of fused-ring (bicyclic) bond motifs is 1. The average Bonchev–Trinajstić information content (AvgIpc) is 3.11. The number of aromatic nitrogens is 3. The number of methoxy groups -OCH3 is 1. The van der Waals surface area contributed by atoms with E-state index in [-0.39, 0.29) is 11.5 Å². The highest BCUT2D eigenvalue weighted by molar-refractivity contribution is 7.09. The number of H-pyrrole nitrogens is 1. The number of ether oxygens (including phenoxy) is 1. The summed E-state index contributed by atoms with van der Waals surface area (Å²) < 4.78 is 5.19. The van der Waals surface area contributed by atoms with Gasteiger partial charge in [-0.3, -0.25) is 14.7 Å². The third-order valence-electron chi connectivity index (χ3n) is 4.46. The van der Waals surface area contributed by atoms with Gasteiger partial charge in [-0.05, 0) is 24.3 Å². The van der Waals surface area contributed by atoms with Crippen molar-refractivity contribution < 1.29 is 4.74 Å². The van der Waals surface area contributed by atoms with Crippen molar-refractivity contribution in [1.29, 1.82) is 0 Å². The number of nitrogen functional groups attached to an aromatic ring is 1. The predicted octanol–water partition coefficient (Wildman–Crippen LogP) is 2.04. The zero-order chi connectivity index (χ0) is 18.1. The molecule has 7 nitrogen and oxygen atoms in total. The minimum absolute atomic E-state index is 0.143. The highest BCUT2D eigenvalue weighted by atomic mass is 32.1. The van der Waals surface area contributed by atoms with Crippen LogP contribution in [0.3, 0.4) is 0 Å². The Hall–Kier alpha value is -2.71. The SMILES string of the molecule is COc1ccc(-c2csc(CN3CCc4nc(N)[nH]c(=O)c4C3)n2)cc1. The maximum atomic E-state index is 12.1. The van der Waals surface area contributed by atoms with Gasteiger partial charge in [-0.25, -0.2) is 9.97 Å². The summed E-state index contributed by atoms with van der Waals surface area (Å²) in [7, 11) is 1.65. The van der Waals surface area contributed by atoms with E-state index in [0.717, 1.165) is 40.7 Å². The molecule has 1 aliphatic heterocycles. The van der Waals surface area contributed by atoms with Gasteiger partial charge in [0, 0.05) is 30.5 Å². The summed E-state index contributed by atoms with van der Waals surface area (Å²) in [6.07, 6.45) is 0.722. The number of hydrogen-bond donors (Lipinski definition) is 2. The highest BCUT2D eigenvalue weighted by Gasteiger charge is 2.21. The standard InChI is InChI=1S/C18H19N5O2S/c1-25-12-4-2-11(3-5-12)15-10-26-16(20-15)9-23-7-6-14-13(8-23)17(24)22-18(19)21-14/h2-5,10H,6-9H2,1H3,(H3,19,21,22,24). The van der Waals surface area contributed by atoms with Gasteiger partial charge in [0.05, 0.1) is 30.6 Å². The van der Waals surface area contributed by atoms with Crippen LogP contribution < -0.4 is 16.0 Å². The van der Waals surface area contributed by atoms with E-state index in [0.29, 0.717) is 18.7 Å². The van der Waals surface area contributed by atoms with Gasteiger partial charge in [0.2, 0.25) is 5.95 Å². The number of anilines is 1. The molecule has 0 saturated heterocycles. The van der Waals surface area contributed by atoms with Crippen molar-refractivity contribution in [2.24, 2.45) is 0 Å². The second-order valence-corrected chi connectivity index (χ2v) is 7.13. The summed E-state index contributed by atoms with van der Waals surface area (Å²) in [5.41, 5.74) is 9.01. The molecule has 4 rings (SSSR count). The molecule has 0 unspecified atom stereocenters. The van der Waals surface area contributed by atoms with Crippen LogP contribution in [0.4, 0.5) is 5.95 Å². The first-order valence-electron chi connectivity index (χ1n) is 8.31. The van der Waals surface area contributed by atoms with E-state index in [1.807, 2.05) is 24.3 Å². The maximum Gasteiger partial charge on any atom is 0.257 e. The van der Waals surface area contributed by atoms with Crippen LogP contribution in [0.25, 0.3) is 11.3 Å². The van der Waals surface area contributed by atoms with Gasteiger partial charge < -0.3 is 10.5 Å².